The van der Waals surface area contributed by atoms with E-state index in [0.717, 1.165) is 5.56 Å². The van der Waals surface area contributed by atoms with E-state index < -0.39 is 11.0 Å². The Bertz CT molecular complexity index is 362. The summed E-state index contributed by atoms with van der Waals surface area (Å²) in [5.74, 6) is 0. The summed E-state index contributed by atoms with van der Waals surface area (Å²) in [4.78, 5) is 10.2. The second-order valence-electron chi connectivity index (χ2n) is 3.23. The standard InChI is InChI=1S/C9H9NO3/c11-7-4-6-2-1-3-9(10(12)13)8(6)5-7/h1-3,7,11H,4-5H2. The second kappa shape index (κ2) is 2.81. The molecule has 1 unspecified atom stereocenters. The number of nitrogens with zero attached hydrogens (tertiary/aromatic N) is 1. The van der Waals surface area contributed by atoms with Gasteiger partial charge in [-0.2, -0.15) is 0 Å². The van der Waals surface area contributed by atoms with Crippen LogP contribution in [0.4, 0.5) is 5.69 Å². The number of benzene rings is 1. The van der Waals surface area contributed by atoms with Gasteiger partial charge >= 0.3 is 0 Å². The summed E-state index contributed by atoms with van der Waals surface area (Å²) in [6, 6.07) is 4.98. The highest BCUT2D eigenvalue weighted by Gasteiger charge is 2.26. The lowest BCUT2D eigenvalue weighted by Crippen LogP contribution is -2.04. The summed E-state index contributed by atoms with van der Waals surface area (Å²) in [6.45, 7) is 0. The van der Waals surface area contributed by atoms with Crippen LogP contribution in [0.25, 0.3) is 0 Å². The minimum absolute atomic E-state index is 0.133. The van der Waals surface area contributed by atoms with E-state index in [1.54, 1.807) is 6.07 Å². The first kappa shape index (κ1) is 8.19. The molecule has 1 aromatic carbocycles. The minimum Gasteiger partial charge on any atom is -0.392 e. The highest BCUT2D eigenvalue weighted by molar-refractivity contribution is 5.48. The Balaban J connectivity index is 2.51. The molecule has 4 heteroatoms. The monoisotopic (exact) mass is 179 g/mol. The van der Waals surface area contributed by atoms with E-state index in [1.807, 2.05) is 6.07 Å². The van der Waals surface area contributed by atoms with Crippen LogP contribution in [0.3, 0.4) is 0 Å². The Kier molecular flexibility index (Phi) is 1.77. The van der Waals surface area contributed by atoms with Crippen molar-refractivity contribution >= 4 is 5.69 Å². The molecule has 1 aromatic rings. The van der Waals surface area contributed by atoms with Crippen LogP contribution in [-0.2, 0) is 12.8 Å². The summed E-state index contributed by atoms with van der Waals surface area (Å²) >= 11 is 0. The molecule has 0 aromatic heterocycles. The third-order valence-corrected chi connectivity index (χ3v) is 2.34. The topological polar surface area (TPSA) is 63.4 Å². The van der Waals surface area contributed by atoms with E-state index in [-0.39, 0.29) is 5.69 Å². The molecule has 0 saturated heterocycles. The molecule has 0 saturated carbocycles. The van der Waals surface area contributed by atoms with Gasteiger partial charge in [0.25, 0.3) is 5.69 Å². The molecule has 0 fully saturated rings. The highest BCUT2D eigenvalue weighted by atomic mass is 16.6. The lowest BCUT2D eigenvalue weighted by atomic mass is 10.1. The maximum absolute atomic E-state index is 10.6. The van der Waals surface area contributed by atoms with Crippen molar-refractivity contribution in [2.75, 3.05) is 0 Å². The average molecular weight is 179 g/mol. The molecular formula is C9H9NO3. The number of fused-ring (bicyclic) bond motifs is 1. The van der Waals surface area contributed by atoms with E-state index in [9.17, 15) is 15.2 Å². The molecule has 68 valence electrons. The third kappa shape index (κ3) is 1.29. The van der Waals surface area contributed by atoms with Gasteiger partial charge in [-0.25, -0.2) is 0 Å². The minimum atomic E-state index is -0.448. The van der Waals surface area contributed by atoms with Gasteiger partial charge in [-0.05, 0) is 12.0 Å². The first-order valence-electron chi connectivity index (χ1n) is 4.11. The van der Waals surface area contributed by atoms with Crippen LogP contribution in [0.15, 0.2) is 18.2 Å². The van der Waals surface area contributed by atoms with Gasteiger partial charge < -0.3 is 5.11 Å². The van der Waals surface area contributed by atoms with Crippen molar-refractivity contribution in [3.05, 3.63) is 39.4 Å². The Morgan fingerprint density at radius 3 is 2.92 bits per heavy atom. The van der Waals surface area contributed by atoms with Gasteiger partial charge in [0.1, 0.15) is 0 Å². The van der Waals surface area contributed by atoms with Gasteiger partial charge in [-0.1, -0.05) is 12.1 Å². The van der Waals surface area contributed by atoms with E-state index in [2.05, 4.69) is 0 Å². The van der Waals surface area contributed by atoms with Crippen LogP contribution in [-0.4, -0.2) is 16.1 Å². The van der Waals surface area contributed by atoms with Crippen LogP contribution in [0, 0.1) is 10.1 Å². The van der Waals surface area contributed by atoms with Crippen LogP contribution < -0.4 is 0 Å². The van der Waals surface area contributed by atoms with Crippen molar-refractivity contribution < 1.29 is 10.0 Å². The van der Waals surface area contributed by atoms with Gasteiger partial charge in [0.15, 0.2) is 0 Å². The maximum Gasteiger partial charge on any atom is 0.272 e. The molecule has 1 aliphatic carbocycles. The van der Waals surface area contributed by atoms with Crippen LogP contribution >= 0.6 is 0 Å². The first-order chi connectivity index (χ1) is 6.18. The normalized spacial score (nSPS) is 19.9. The average Bonchev–Trinajstić information content (AvgIpc) is 2.43. The number of hydrogen-bond donors (Lipinski definition) is 1. The predicted molar refractivity (Wildman–Crippen MR) is 46.5 cm³/mol. The van der Waals surface area contributed by atoms with Crippen molar-refractivity contribution in [1.29, 1.82) is 0 Å². The van der Waals surface area contributed by atoms with Gasteiger partial charge in [0.05, 0.1) is 11.0 Å². The van der Waals surface area contributed by atoms with Crippen LogP contribution in [0.5, 0.6) is 0 Å². The van der Waals surface area contributed by atoms with Crippen molar-refractivity contribution in [3.63, 3.8) is 0 Å². The highest BCUT2D eigenvalue weighted by Crippen LogP contribution is 2.30. The zero-order valence-electron chi connectivity index (χ0n) is 6.93. The molecule has 13 heavy (non-hydrogen) atoms. The van der Waals surface area contributed by atoms with Crippen LogP contribution in [0.1, 0.15) is 11.1 Å². The van der Waals surface area contributed by atoms with E-state index in [0.29, 0.717) is 18.4 Å². The summed E-state index contributed by atoms with van der Waals surface area (Å²) in [5.41, 5.74) is 1.73. The fourth-order valence-corrected chi connectivity index (χ4v) is 1.78. The SMILES string of the molecule is O=[N+]([O-])c1cccc2c1CC(O)C2. The van der Waals surface area contributed by atoms with Crippen molar-refractivity contribution in [2.45, 2.75) is 18.9 Å². The van der Waals surface area contributed by atoms with Gasteiger partial charge in [0.2, 0.25) is 0 Å². The molecule has 1 atom stereocenters. The summed E-state index contributed by atoms with van der Waals surface area (Å²) in [7, 11) is 0. The molecular weight excluding hydrogens is 170 g/mol. The molecule has 4 nitrogen and oxygen atoms in total. The Morgan fingerprint density at radius 2 is 2.23 bits per heavy atom. The zero-order valence-corrected chi connectivity index (χ0v) is 6.93. The third-order valence-electron chi connectivity index (χ3n) is 2.34. The summed E-state index contributed by atoms with van der Waals surface area (Å²) < 4.78 is 0. The molecule has 0 aliphatic heterocycles. The zero-order chi connectivity index (χ0) is 9.42. The largest absolute Gasteiger partial charge is 0.392 e. The van der Waals surface area contributed by atoms with Crippen molar-refractivity contribution in [1.82, 2.24) is 0 Å². The molecule has 1 N–H and O–H groups in total. The number of rotatable bonds is 1. The van der Waals surface area contributed by atoms with E-state index >= 15 is 0 Å². The Morgan fingerprint density at radius 1 is 1.46 bits per heavy atom. The quantitative estimate of drug-likeness (QED) is 0.517. The fourth-order valence-electron chi connectivity index (χ4n) is 1.78. The number of nitro groups is 1. The number of hydrogen-bond acceptors (Lipinski definition) is 3. The molecule has 0 spiro atoms. The predicted octanol–water partition coefficient (Wildman–Crippen LogP) is 1.05. The summed E-state index contributed by atoms with van der Waals surface area (Å²) in [6.07, 6.45) is 0.500. The lowest BCUT2D eigenvalue weighted by molar-refractivity contribution is -0.385. The molecule has 0 radical (unpaired) electrons. The summed E-state index contributed by atoms with van der Waals surface area (Å²) in [5, 5.41) is 19.9. The molecule has 0 amide bonds. The van der Waals surface area contributed by atoms with Gasteiger partial charge in [-0.15, -0.1) is 0 Å². The molecule has 2 rings (SSSR count). The van der Waals surface area contributed by atoms with E-state index in [1.165, 1.54) is 6.07 Å². The first-order valence-corrected chi connectivity index (χ1v) is 4.11. The maximum atomic E-state index is 10.6. The molecule has 1 aliphatic rings. The lowest BCUT2D eigenvalue weighted by Gasteiger charge is -1.98. The second-order valence-corrected chi connectivity index (χ2v) is 3.23. The van der Waals surface area contributed by atoms with Crippen molar-refractivity contribution in [2.24, 2.45) is 0 Å². The number of nitro benzene ring substituents is 1. The van der Waals surface area contributed by atoms with Crippen LogP contribution in [0.2, 0.25) is 0 Å². The Labute approximate surface area is 75.0 Å². The van der Waals surface area contributed by atoms with Gasteiger partial charge in [-0.3, -0.25) is 10.1 Å². The van der Waals surface area contributed by atoms with Gasteiger partial charge in [0, 0.05) is 18.1 Å². The number of aliphatic hydroxyl groups excluding tert-OH is 1. The smallest absolute Gasteiger partial charge is 0.272 e. The number of aliphatic hydroxyl groups is 1. The van der Waals surface area contributed by atoms with Crippen molar-refractivity contribution in [3.8, 4) is 0 Å². The fraction of sp³-hybridized carbons (Fsp3) is 0.333. The Hall–Kier alpha value is -1.42. The molecule has 0 bridgehead atoms. The molecule has 0 heterocycles. The van der Waals surface area contributed by atoms with E-state index in [4.69, 9.17) is 0 Å².